The zero-order valence-corrected chi connectivity index (χ0v) is 19.3. The van der Waals surface area contributed by atoms with Crippen LogP contribution >= 0.6 is 11.8 Å². The first-order valence-electron chi connectivity index (χ1n) is 11.3. The number of anilines is 1. The van der Waals surface area contributed by atoms with Crippen LogP contribution < -0.4 is 10.9 Å². The highest BCUT2D eigenvalue weighted by Crippen LogP contribution is 2.23. The Hall–Kier alpha value is -2.86. The fourth-order valence-corrected chi connectivity index (χ4v) is 4.93. The van der Waals surface area contributed by atoms with Gasteiger partial charge in [0.05, 0.1) is 16.7 Å². The van der Waals surface area contributed by atoms with E-state index in [1.807, 2.05) is 48.5 Å². The number of thioether (sulfide) groups is 1. The van der Waals surface area contributed by atoms with E-state index < -0.39 is 0 Å². The van der Waals surface area contributed by atoms with Crippen LogP contribution in [0.5, 0.6) is 0 Å². The van der Waals surface area contributed by atoms with Crippen LogP contribution in [0.1, 0.15) is 44.6 Å². The van der Waals surface area contributed by atoms with Crippen molar-refractivity contribution in [3.8, 4) is 0 Å². The number of nitrogens with zero attached hydrogens (tertiary/aromatic N) is 2. The highest BCUT2D eigenvalue weighted by molar-refractivity contribution is 7.99. The summed E-state index contributed by atoms with van der Waals surface area (Å²) in [6.07, 6.45) is 8.72. The summed E-state index contributed by atoms with van der Waals surface area (Å²) in [5, 5.41) is 4.22. The van der Waals surface area contributed by atoms with Crippen molar-refractivity contribution >= 4 is 34.3 Å². The zero-order valence-electron chi connectivity index (χ0n) is 18.5. The molecule has 1 aliphatic carbocycles. The quantitative estimate of drug-likeness (QED) is 0.278. The van der Waals surface area contributed by atoms with Crippen molar-refractivity contribution in [3.05, 3.63) is 76.1 Å². The Labute approximate surface area is 192 Å². The fraction of sp³-hybridized carbons (Fsp3) is 0.346. The molecule has 0 saturated carbocycles. The number of carbonyl (C=O) groups excluding carboxylic acids is 1. The minimum Gasteiger partial charge on any atom is -0.325 e. The van der Waals surface area contributed by atoms with Crippen LogP contribution in [0.2, 0.25) is 0 Å². The maximum Gasteiger partial charge on any atom is 0.262 e. The Morgan fingerprint density at radius 2 is 1.94 bits per heavy atom. The van der Waals surface area contributed by atoms with Gasteiger partial charge in [-0.15, -0.1) is 0 Å². The third-order valence-electron chi connectivity index (χ3n) is 5.87. The van der Waals surface area contributed by atoms with E-state index in [0.717, 1.165) is 36.9 Å². The molecule has 32 heavy (non-hydrogen) atoms. The number of rotatable bonds is 8. The first kappa shape index (κ1) is 22.3. The van der Waals surface area contributed by atoms with Gasteiger partial charge in [0.2, 0.25) is 5.91 Å². The van der Waals surface area contributed by atoms with E-state index in [0.29, 0.717) is 22.6 Å². The van der Waals surface area contributed by atoms with Crippen molar-refractivity contribution in [1.82, 2.24) is 9.55 Å². The van der Waals surface area contributed by atoms with E-state index in [9.17, 15) is 9.59 Å². The van der Waals surface area contributed by atoms with Crippen molar-refractivity contribution in [2.24, 2.45) is 0 Å². The van der Waals surface area contributed by atoms with Gasteiger partial charge in [0.1, 0.15) is 0 Å². The third-order valence-corrected chi connectivity index (χ3v) is 6.85. The minimum absolute atomic E-state index is 0.0359. The average Bonchev–Trinajstić information content (AvgIpc) is 2.83. The first-order valence-corrected chi connectivity index (χ1v) is 12.3. The van der Waals surface area contributed by atoms with E-state index >= 15 is 0 Å². The molecular formula is C26H29N3O2S. The van der Waals surface area contributed by atoms with Crippen molar-refractivity contribution < 1.29 is 4.79 Å². The highest BCUT2D eigenvalue weighted by atomic mass is 32.2. The van der Waals surface area contributed by atoms with E-state index in [1.165, 1.54) is 30.2 Å². The molecule has 6 heteroatoms. The topological polar surface area (TPSA) is 64.0 Å². The van der Waals surface area contributed by atoms with E-state index in [4.69, 9.17) is 4.98 Å². The summed E-state index contributed by atoms with van der Waals surface area (Å²) >= 11 is 1.32. The Kier molecular flexibility index (Phi) is 7.43. The number of aromatic nitrogens is 2. The second kappa shape index (κ2) is 10.6. The van der Waals surface area contributed by atoms with Gasteiger partial charge in [0.25, 0.3) is 5.56 Å². The Morgan fingerprint density at radius 3 is 2.75 bits per heavy atom. The molecule has 1 aromatic heterocycles. The minimum atomic E-state index is -0.0974. The number of amides is 1. The van der Waals surface area contributed by atoms with E-state index in [-0.39, 0.29) is 17.2 Å². The molecule has 166 valence electrons. The van der Waals surface area contributed by atoms with E-state index in [1.54, 1.807) is 4.57 Å². The molecule has 0 fully saturated rings. The third kappa shape index (κ3) is 5.30. The van der Waals surface area contributed by atoms with Crippen LogP contribution in [0.3, 0.4) is 0 Å². The molecule has 0 aliphatic heterocycles. The highest BCUT2D eigenvalue weighted by Gasteiger charge is 2.15. The molecule has 0 spiro atoms. The molecule has 0 unspecified atom stereocenters. The molecule has 0 saturated heterocycles. The molecule has 1 heterocycles. The van der Waals surface area contributed by atoms with Crippen molar-refractivity contribution in [2.75, 3.05) is 11.1 Å². The molecule has 1 aliphatic rings. The van der Waals surface area contributed by atoms with Gasteiger partial charge in [-0.05, 0) is 62.3 Å². The second-order valence-electron chi connectivity index (χ2n) is 8.07. The number of fused-ring (bicyclic) bond motifs is 1. The van der Waals surface area contributed by atoms with Crippen LogP contribution in [-0.4, -0.2) is 21.2 Å². The molecule has 0 bridgehead atoms. The van der Waals surface area contributed by atoms with Gasteiger partial charge in [-0.25, -0.2) is 4.98 Å². The monoisotopic (exact) mass is 447 g/mol. The molecule has 5 nitrogen and oxygen atoms in total. The predicted molar refractivity (Wildman–Crippen MR) is 132 cm³/mol. The predicted octanol–water partition coefficient (Wildman–Crippen LogP) is 5.58. The molecular weight excluding hydrogens is 418 g/mol. The average molecular weight is 448 g/mol. The summed E-state index contributed by atoms with van der Waals surface area (Å²) in [4.78, 5) is 30.6. The number of hydrogen-bond donors (Lipinski definition) is 1. The second-order valence-corrected chi connectivity index (χ2v) is 9.02. The molecule has 3 aromatic rings. The normalized spacial score (nSPS) is 13.7. The molecule has 1 N–H and O–H groups in total. The molecule has 2 aromatic carbocycles. The van der Waals surface area contributed by atoms with Gasteiger partial charge in [-0.2, -0.15) is 0 Å². The van der Waals surface area contributed by atoms with Crippen molar-refractivity contribution in [3.63, 3.8) is 0 Å². The Bertz CT molecular complexity index is 1200. The number of carbonyl (C=O) groups is 1. The van der Waals surface area contributed by atoms with Crippen LogP contribution in [0.15, 0.2) is 70.1 Å². The number of allylic oxidation sites excluding steroid dienone is 2. The molecule has 0 radical (unpaired) electrons. The van der Waals surface area contributed by atoms with Gasteiger partial charge < -0.3 is 5.32 Å². The molecule has 4 rings (SSSR count). The van der Waals surface area contributed by atoms with Gasteiger partial charge in [0, 0.05) is 12.2 Å². The fourth-order valence-electron chi connectivity index (χ4n) is 4.11. The summed E-state index contributed by atoms with van der Waals surface area (Å²) < 4.78 is 1.75. The first-order chi connectivity index (χ1) is 15.7. The van der Waals surface area contributed by atoms with Crippen LogP contribution in [-0.2, 0) is 17.8 Å². The largest absolute Gasteiger partial charge is 0.325 e. The number of aryl methyl sites for hydroxylation is 1. The summed E-state index contributed by atoms with van der Waals surface area (Å²) in [6.45, 7) is 2.66. The summed E-state index contributed by atoms with van der Waals surface area (Å²) in [6, 6.07) is 15.3. The maximum atomic E-state index is 13.2. The van der Waals surface area contributed by atoms with Crippen molar-refractivity contribution in [1.29, 1.82) is 0 Å². The lowest BCUT2D eigenvalue weighted by Gasteiger charge is -2.16. The maximum absolute atomic E-state index is 13.2. The summed E-state index contributed by atoms with van der Waals surface area (Å²) in [5.41, 5.74) is 4.00. The van der Waals surface area contributed by atoms with Gasteiger partial charge in [0.15, 0.2) is 5.16 Å². The lowest BCUT2D eigenvalue weighted by molar-refractivity contribution is -0.113. The van der Waals surface area contributed by atoms with Gasteiger partial charge in [-0.3, -0.25) is 14.2 Å². The number of hydrogen-bond acceptors (Lipinski definition) is 4. The van der Waals surface area contributed by atoms with Gasteiger partial charge in [-0.1, -0.05) is 60.7 Å². The number of benzene rings is 2. The molecule has 1 amide bonds. The Morgan fingerprint density at radius 1 is 1.12 bits per heavy atom. The number of nitrogens with one attached hydrogen (secondary N) is 1. The Balaban J connectivity index is 1.54. The SMILES string of the molecule is CCc1ccccc1NC(=O)CSc1nc2ccccc2c(=O)n1CCC1=CCCCC1. The summed E-state index contributed by atoms with van der Waals surface area (Å²) in [5.74, 6) is 0.103. The summed E-state index contributed by atoms with van der Waals surface area (Å²) in [7, 11) is 0. The van der Waals surface area contributed by atoms with Crippen LogP contribution in [0.25, 0.3) is 10.9 Å². The smallest absolute Gasteiger partial charge is 0.262 e. The lowest BCUT2D eigenvalue weighted by Crippen LogP contribution is -2.25. The van der Waals surface area contributed by atoms with Gasteiger partial charge >= 0.3 is 0 Å². The van der Waals surface area contributed by atoms with Crippen LogP contribution in [0.4, 0.5) is 5.69 Å². The number of para-hydroxylation sites is 2. The standard InChI is InChI=1S/C26H29N3O2S/c1-2-20-12-6-8-14-22(20)27-24(30)18-32-26-28-23-15-9-7-13-21(23)25(31)29(26)17-16-19-10-4-3-5-11-19/h6-10,12-15H,2-5,11,16-18H2,1H3,(H,27,30). The zero-order chi connectivity index (χ0) is 22.3. The van der Waals surface area contributed by atoms with Crippen molar-refractivity contribution in [2.45, 2.75) is 57.1 Å². The molecule has 0 atom stereocenters. The van der Waals surface area contributed by atoms with Crippen LogP contribution in [0, 0.1) is 0 Å². The lowest BCUT2D eigenvalue weighted by atomic mass is 9.97. The van der Waals surface area contributed by atoms with E-state index in [2.05, 4.69) is 18.3 Å².